The number of ether oxygens (including phenoxy) is 2. The van der Waals surface area contributed by atoms with E-state index in [0.717, 1.165) is 31.4 Å². The molecule has 6 heteroatoms. The number of nitrogens with zero attached hydrogens (tertiary/aromatic N) is 1. The fraction of sp³-hybridized carbons (Fsp3) is 0.391. The fourth-order valence-corrected chi connectivity index (χ4v) is 3.31. The van der Waals surface area contributed by atoms with E-state index in [4.69, 9.17) is 9.47 Å². The van der Waals surface area contributed by atoms with Gasteiger partial charge in [0.15, 0.2) is 6.61 Å². The van der Waals surface area contributed by atoms with E-state index in [2.05, 4.69) is 5.32 Å². The van der Waals surface area contributed by atoms with Gasteiger partial charge in [-0.3, -0.25) is 9.59 Å². The number of benzene rings is 2. The van der Waals surface area contributed by atoms with Crippen molar-refractivity contribution in [3.05, 3.63) is 48.0 Å². The van der Waals surface area contributed by atoms with Gasteiger partial charge in [0, 0.05) is 18.2 Å². The predicted octanol–water partition coefficient (Wildman–Crippen LogP) is 3.93. The predicted molar refractivity (Wildman–Crippen MR) is 112 cm³/mol. The van der Waals surface area contributed by atoms with Crippen molar-refractivity contribution in [2.24, 2.45) is 5.92 Å². The molecular formula is C23H26N2O4. The van der Waals surface area contributed by atoms with Gasteiger partial charge in [-0.25, -0.2) is 0 Å². The standard InChI is InChI=1S/C23H26N2O4/c1-16-4-9-19(10-5-16)28-13-3-2-12-25-20-14-18(24-23(27)17-6-7-17)8-11-21(20)29-15-22(25)26/h4-5,8-11,14,17H,2-3,6-7,12-13,15H2,1H3,(H,24,27). The van der Waals surface area contributed by atoms with Gasteiger partial charge in [0.25, 0.3) is 5.91 Å². The number of hydrogen-bond acceptors (Lipinski definition) is 4. The van der Waals surface area contributed by atoms with Crippen LogP contribution < -0.4 is 19.7 Å². The van der Waals surface area contributed by atoms with Crippen LogP contribution in [-0.4, -0.2) is 31.6 Å². The van der Waals surface area contributed by atoms with Crippen LogP contribution in [0.2, 0.25) is 0 Å². The zero-order chi connectivity index (χ0) is 20.2. The summed E-state index contributed by atoms with van der Waals surface area (Å²) in [5.41, 5.74) is 2.62. The molecule has 152 valence electrons. The molecule has 1 aliphatic heterocycles. The third-order valence-electron chi connectivity index (χ3n) is 5.18. The molecule has 0 radical (unpaired) electrons. The summed E-state index contributed by atoms with van der Waals surface area (Å²) in [5, 5.41) is 2.94. The lowest BCUT2D eigenvalue weighted by atomic mass is 10.2. The Bertz CT molecular complexity index is 890. The highest BCUT2D eigenvalue weighted by atomic mass is 16.5. The summed E-state index contributed by atoms with van der Waals surface area (Å²) in [5.74, 6) is 1.65. The van der Waals surface area contributed by atoms with Crippen molar-refractivity contribution in [1.82, 2.24) is 0 Å². The highest BCUT2D eigenvalue weighted by Crippen LogP contribution is 2.36. The van der Waals surface area contributed by atoms with Crippen molar-refractivity contribution in [1.29, 1.82) is 0 Å². The maximum Gasteiger partial charge on any atom is 0.265 e. The number of amides is 2. The zero-order valence-electron chi connectivity index (χ0n) is 16.6. The van der Waals surface area contributed by atoms with Gasteiger partial charge < -0.3 is 19.7 Å². The van der Waals surface area contributed by atoms with Crippen LogP contribution in [0.5, 0.6) is 11.5 Å². The first-order chi connectivity index (χ1) is 14.1. The highest BCUT2D eigenvalue weighted by molar-refractivity contribution is 6.00. The van der Waals surface area contributed by atoms with Crippen molar-refractivity contribution in [2.45, 2.75) is 32.6 Å². The molecule has 2 amide bonds. The average molecular weight is 394 g/mol. The molecule has 0 aromatic heterocycles. The van der Waals surface area contributed by atoms with Crippen LogP contribution in [0.1, 0.15) is 31.2 Å². The summed E-state index contributed by atoms with van der Waals surface area (Å²) in [6.45, 7) is 3.28. The van der Waals surface area contributed by atoms with Crippen LogP contribution in [-0.2, 0) is 9.59 Å². The van der Waals surface area contributed by atoms with E-state index in [1.165, 1.54) is 5.56 Å². The van der Waals surface area contributed by atoms with E-state index in [-0.39, 0.29) is 24.3 Å². The molecule has 0 unspecified atom stereocenters. The van der Waals surface area contributed by atoms with Gasteiger partial charge in [-0.05, 0) is 62.9 Å². The summed E-state index contributed by atoms with van der Waals surface area (Å²) in [6, 6.07) is 13.5. The molecule has 1 fully saturated rings. The van der Waals surface area contributed by atoms with Crippen LogP contribution in [0.3, 0.4) is 0 Å². The van der Waals surface area contributed by atoms with Crippen molar-refractivity contribution < 1.29 is 19.1 Å². The Morgan fingerprint density at radius 2 is 1.97 bits per heavy atom. The monoisotopic (exact) mass is 394 g/mol. The minimum Gasteiger partial charge on any atom is -0.494 e. The first-order valence-electron chi connectivity index (χ1n) is 10.2. The van der Waals surface area contributed by atoms with Gasteiger partial charge in [-0.1, -0.05) is 17.7 Å². The molecule has 1 aliphatic carbocycles. The second-order valence-corrected chi connectivity index (χ2v) is 7.65. The molecule has 2 aromatic carbocycles. The largest absolute Gasteiger partial charge is 0.494 e. The van der Waals surface area contributed by atoms with E-state index < -0.39 is 0 Å². The summed E-state index contributed by atoms with van der Waals surface area (Å²) >= 11 is 0. The number of nitrogens with one attached hydrogen (secondary N) is 1. The lowest BCUT2D eigenvalue weighted by Crippen LogP contribution is -2.39. The van der Waals surface area contributed by atoms with Crippen LogP contribution in [0.25, 0.3) is 0 Å². The Balaban J connectivity index is 1.33. The Morgan fingerprint density at radius 1 is 1.17 bits per heavy atom. The average Bonchev–Trinajstić information content (AvgIpc) is 3.56. The molecule has 0 bridgehead atoms. The fourth-order valence-electron chi connectivity index (χ4n) is 3.31. The molecule has 2 aliphatic rings. The second-order valence-electron chi connectivity index (χ2n) is 7.65. The molecule has 0 saturated heterocycles. The van der Waals surface area contributed by atoms with E-state index in [9.17, 15) is 9.59 Å². The van der Waals surface area contributed by atoms with E-state index >= 15 is 0 Å². The van der Waals surface area contributed by atoms with Gasteiger partial charge in [0.1, 0.15) is 11.5 Å². The second kappa shape index (κ2) is 8.55. The molecule has 4 rings (SSSR count). The Labute approximate surface area is 170 Å². The maximum atomic E-state index is 12.4. The smallest absolute Gasteiger partial charge is 0.265 e. The first kappa shape index (κ1) is 19.3. The molecule has 0 spiro atoms. The first-order valence-corrected chi connectivity index (χ1v) is 10.2. The highest BCUT2D eigenvalue weighted by Gasteiger charge is 2.30. The number of unbranched alkanes of at least 4 members (excludes halogenated alkanes) is 1. The number of anilines is 2. The normalized spacial score (nSPS) is 15.5. The van der Waals surface area contributed by atoms with Crippen LogP contribution in [0.15, 0.2) is 42.5 Å². The maximum absolute atomic E-state index is 12.4. The third kappa shape index (κ3) is 4.88. The lowest BCUT2D eigenvalue weighted by molar-refractivity contribution is -0.121. The Morgan fingerprint density at radius 3 is 2.72 bits per heavy atom. The molecule has 1 saturated carbocycles. The summed E-state index contributed by atoms with van der Waals surface area (Å²) in [6.07, 6.45) is 3.56. The SMILES string of the molecule is Cc1ccc(OCCCCN2C(=O)COc3ccc(NC(=O)C4CC4)cc32)cc1. The summed E-state index contributed by atoms with van der Waals surface area (Å²) in [7, 11) is 0. The Kier molecular flexibility index (Phi) is 5.69. The quantitative estimate of drug-likeness (QED) is 0.689. The van der Waals surface area contributed by atoms with Crippen molar-refractivity contribution >= 4 is 23.2 Å². The summed E-state index contributed by atoms with van der Waals surface area (Å²) in [4.78, 5) is 26.2. The number of carbonyl (C=O) groups is 2. The number of fused-ring (bicyclic) bond motifs is 1. The van der Waals surface area contributed by atoms with E-state index in [1.807, 2.05) is 49.4 Å². The number of hydrogen-bond donors (Lipinski definition) is 1. The molecule has 2 aromatic rings. The van der Waals surface area contributed by atoms with Crippen LogP contribution in [0, 0.1) is 12.8 Å². The van der Waals surface area contributed by atoms with Crippen LogP contribution >= 0.6 is 0 Å². The number of carbonyl (C=O) groups excluding carboxylic acids is 2. The topological polar surface area (TPSA) is 67.9 Å². The van der Waals surface area contributed by atoms with Gasteiger partial charge in [-0.15, -0.1) is 0 Å². The minimum atomic E-state index is -0.0670. The van der Waals surface area contributed by atoms with Gasteiger partial charge in [-0.2, -0.15) is 0 Å². The third-order valence-corrected chi connectivity index (χ3v) is 5.18. The summed E-state index contributed by atoms with van der Waals surface area (Å²) < 4.78 is 11.3. The molecule has 0 atom stereocenters. The van der Waals surface area contributed by atoms with Gasteiger partial charge in [0.2, 0.25) is 5.91 Å². The molecule has 1 heterocycles. The minimum absolute atomic E-state index is 0.0423. The van der Waals surface area contributed by atoms with E-state index in [1.54, 1.807) is 4.90 Å². The van der Waals surface area contributed by atoms with Crippen LogP contribution in [0.4, 0.5) is 11.4 Å². The van der Waals surface area contributed by atoms with Gasteiger partial charge in [0.05, 0.1) is 12.3 Å². The zero-order valence-corrected chi connectivity index (χ0v) is 16.6. The molecule has 29 heavy (non-hydrogen) atoms. The van der Waals surface area contributed by atoms with Crippen molar-refractivity contribution in [2.75, 3.05) is 30.0 Å². The molecule has 6 nitrogen and oxygen atoms in total. The number of aryl methyl sites for hydroxylation is 1. The van der Waals surface area contributed by atoms with E-state index in [0.29, 0.717) is 30.3 Å². The van der Waals surface area contributed by atoms with Crippen molar-refractivity contribution in [3.8, 4) is 11.5 Å². The lowest BCUT2D eigenvalue weighted by Gasteiger charge is -2.30. The number of rotatable bonds is 8. The molecule has 1 N–H and O–H groups in total. The van der Waals surface area contributed by atoms with Crippen molar-refractivity contribution in [3.63, 3.8) is 0 Å². The molecular weight excluding hydrogens is 368 g/mol. The Hall–Kier alpha value is -3.02. The van der Waals surface area contributed by atoms with Gasteiger partial charge >= 0.3 is 0 Å².